The van der Waals surface area contributed by atoms with Gasteiger partial charge in [0.25, 0.3) is 0 Å². The van der Waals surface area contributed by atoms with Gasteiger partial charge in [-0.2, -0.15) is 0 Å². The SMILES string of the molecule is Cc1ccc(Cl)cc1Nc1ncc(Br)cc1F. The van der Waals surface area contributed by atoms with Gasteiger partial charge < -0.3 is 5.32 Å². The summed E-state index contributed by atoms with van der Waals surface area (Å²) in [6.07, 6.45) is 1.53. The smallest absolute Gasteiger partial charge is 0.166 e. The Labute approximate surface area is 112 Å². The van der Waals surface area contributed by atoms with E-state index in [2.05, 4.69) is 26.2 Å². The van der Waals surface area contributed by atoms with Gasteiger partial charge in [0, 0.05) is 21.4 Å². The lowest BCUT2D eigenvalue weighted by Crippen LogP contribution is -1.98. The second-order valence-corrected chi connectivity index (χ2v) is 4.92. The summed E-state index contributed by atoms with van der Waals surface area (Å²) < 4.78 is 14.2. The fourth-order valence-corrected chi connectivity index (χ4v) is 1.84. The lowest BCUT2D eigenvalue weighted by atomic mass is 10.2. The number of rotatable bonds is 2. The van der Waals surface area contributed by atoms with Crippen molar-refractivity contribution in [2.75, 3.05) is 5.32 Å². The third-order valence-electron chi connectivity index (χ3n) is 2.26. The maximum absolute atomic E-state index is 13.6. The van der Waals surface area contributed by atoms with Crippen molar-refractivity contribution in [1.82, 2.24) is 4.98 Å². The average Bonchev–Trinajstić information content (AvgIpc) is 2.27. The molecule has 1 aromatic carbocycles. The summed E-state index contributed by atoms with van der Waals surface area (Å²) in [6.45, 7) is 1.91. The zero-order chi connectivity index (χ0) is 12.4. The molecule has 0 aliphatic rings. The van der Waals surface area contributed by atoms with Crippen molar-refractivity contribution in [2.45, 2.75) is 6.92 Å². The average molecular weight is 316 g/mol. The molecule has 2 nitrogen and oxygen atoms in total. The number of aromatic nitrogens is 1. The molecule has 0 bridgehead atoms. The van der Waals surface area contributed by atoms with Gasteiger partial charge in [0.15, 0.2) is 11.6 Å². The van der Waals surface area contributed by atoms with Crippen LogP contribution < -0.4 is 5.32 Å². The van der Waals surface area contributed by atoms with E-state index in [1.54, 1.807) is 12.1 Å². The van der Waals surface area contributed by atoms with Crippen molar-refractivity contribution in [3.05, 3.63) is 51.3 Å². The van der Waals surface area contributed by atoms with Gasteiger partial charge in [0.1, 0.15) is 0 Å². The topological polar surface area (TPSA) is 24.9 Å². The third-order valence-corrected chi connectivity index (χ3v) is 2.93. The fraction of sp³-hybridized carbons (Fsp3) is 0.0833. The summed E-state index contributed by atoms with van der Waals surface area (Å²) in [7, 11) is 0. The second-order valence-electron chi connectivity index (χ2n) is 3.57. The van der Waals surface area contributed by atoms with E-state index in [1.807, 2.05) is 13.0 Å². The zero-order valence-corrected chi connectivity index (χ0v) is 11.3. The minimum absolute atomic E-state index is 0.179. The summed E-state index contributed by atoms with van der Waals surface area (Å²) in [5, 5.41) is 3.51. The molecular weight excluding hydrogens is 307 g/mol. The van der Waals surface area contributed by atoms with Gasteiger partial charge in [-0.3, -0.25) is 0 Å². The van der Waals surface area contributed by atoms with Crippen molar-refractivity contribution < 1.29 is 4.39 Å². The highest BCUT2D eigenvalue weighted by Gasteiger charge is 2.06. The van der Waals surface area contributed by atoms with E-state index in [0.717, 1.165) is 11.3 Å². The van der Waals surface area contributed by atoms with Crippen LogP contribution in [0.15, 0.2) is 34.9 Å². The van der Waals surface area contributed by atoms with Crippen LogP contribution >= 0.6 is 27.5 Å². The highest BCUT2D eigenvalue weighted by atomic mass is 79.9. The van der Waals surface area contributed by atoms with Gasteiger partial charge >= 0.3 is 0 Å². The van der Waals surface area contributed by atoms with Crippen molar-refractivity contribution in [3.8, 4) is 0 Å². The fourth-order valence-electron chi connectivity index (χ4n) is 1.36. The molecule has 1 N–H and O–H groups in total. The molecule has 0 unspecified atom stereocenters. The molecule has 5 heteroatoms. The molecular formula is C12H9BrClFN2. The third kappa shape index (κ3) is 2.96. The minimum atomic E-state index is -0.418. The van der Waals surface area contributed by atoms with E-state index in [0.29, 0.717) is 9.50 Å². The highest BCUT2D eigenvalue weighted by molar-refractivity contribution is 9.10. The molecule has 0 saturated heterocycles. The number of hydrogen-bond donors (Lipinski definition) is 1. The lowest BCUT2D eigenvalue weighted by Gasteiger charge is -2.09. The molecule has 2 aromatic rings. The van der Waals surface area contributed by atoms with Gasteiger partial charge in [-0.05, 0) is 46.6 Å². The Bertz CT molecular complexity index is 560. The van der Waals surface area contributed by atoms with Gasteiger partial charge in [-0.15, -0.1) is 0 Å². The molecule has 2 rings (SSSR count). The van der Waals surface area contributed by atoms with Crippen LogP contribution in [-0.2, 0) is 0 Å². The molecule has 0 amide bonds. The highest BCUT2D eigenvalue weighted by Crippen LogP contribution is 2.25. The molecule has 0 saturated carbocycles. The molecule has 0 spiro atoms. The summed E-state index contributed by atoms with van der Waals surface area (Å²) >= 11 is 9.04. The number of aryl methyl sites for hydroxylation is 1. The Balaban J connectivity index is 2.34. The standard InChI is InChI=1S/C12H9BrClFN2/c1-7-2-3-9(14)5-11(7)17-12-10(15)4-8(13)6-16-12/h2-6H,1H3,(H,16,17). The maximum atomic E-state index is 13.6. The Morgan fingerprint density at radius 2 is 2.12 bits per heavy atom. The molecule has 0 fully saturated rings. The van der Waals surface area contributed by atoms with Crippen molar-refractivity contribution in [1.29, 1.82) is 0 Å². The number of nitrogens with one attached hydrogen (secondary N) is 1. The van der Waals surface area contributed by atoms with E-state index >= 15 is 0 Å². The van der Waals surface area contributed by atoms with Crippen LogP contribution in [0, 0.1) is 12.7 Å². The van der Waals surface area contributed by atoms with Crippen LogP contribution in [0.1, 0.15) is 5.56 Å². The maximum Gasteiger partial charge on any atom is 0.166 e. The molecule has 0 aliphatic heterocycles. The van der Waals surface area contributed by atoms with Crippen LogP contribution in [0.2, 0.25) is 5.02 Å². The number of pyridine rings is 1. The van der Waals surface area contributed by atoms with Crippen LogP contribution in [0.25, 0.3) is 0 Å². The summed E-state index contributed by atoms with van der Waals surface area (Å²) in [5.41, 5.74) is 1.71. The first-order chi connectivity index (χ1) is 8.06. The van der Waals surface area contributed by atoms with E-state index < -0.39 is 5.82 Å². The summed E-state index contributed by atoms with van der Waals surface area (Å²) in [6, 6.07) is 6.74. The van der Waals surface area contributed by atoms with Gasteiger partial charge in [0.05, 0.1) is 0 Å². The number of hydrogen-bond acceptors (Lipinski definition) is 2. The molecule has 0 aliphatic carbocycles. The second kappa shape index (κ2) is 5.02. The van der Waals surface area contributed by atoms with Crippen LogP contribution in [-0.4, -0.2) is 4.98 Å². The van der Waals surface area contributed by atoms with E-state index in [4.69, 9.17) is 11.6 Å². The number of benzene rings is 1. The van der Waals surface area contributed by atoms with E-state index in [9.17, 15) is 4.39 Å². The van der Waals surface area contributed by atoms with Crippen molar-refractivity contribution >= 4 is 39.0 Å². The lowest BCUT2D eigenvalue weighted by molar-refractivity contribution is 0.625. The first-order valence-electron chi connectivity index (χ1n) is 4.90. The zero-order valence-electron chi connectivity index (χ0n) is 8.97. The van der Waals surface area contributed by atoms with Gasteiger partial charge in [-0.25, -0.2) is 9.37 Å². The number of halogens is 3. The first-order valence-corrected chi connectivity index (χ1v) is 6.07. The van der Waals surface area contributed by atoms with Gasteiger partial charge in [0.2, 0.25) is 0 Å². The molecule has 1 heterocycles. The quantitative estimate of drug-likeness (QED) is 0.869. The Kier molecular flexibility index (Phi) is 3.64. The summed E-state index contributed by atoms with van der Waals surface area (Å²) in [5.74, 6) is -0.239. The normalized spacial score (nSPS) is 10.4. The van der Waals surface area contributed by atoms with Crippen molar-refractivity contribution in [2.24, 2.45) is 0 Å². The van der Waals surface area contributed by atoms with E-state index in [1.165, 1.54) is 12.3 Å². The molecule has 88 valence electrons. The van der Waals surface area contributed by atoms with Crippen LogP contribution in [0.4, 0.5) is 15.9 Å². The van der Waals surface area contributed by atoms with Crippen LogP contribution in [0.5, 0.6) is 0 Å². The van der Waals surface area contributed by atoms with E-state index in [-0.39, 0.29) is 5.82 Å². The monoisotopic (exact) mass is 314 g/mol. The Morgan fingerprint density at radius 3 is 2.82 bits per heavy atom. The molecule has 0 atom stereocenters. The minimum Gasteiger partial charge on any atom is -0.338 e. The number of anilines is 2. The first kappa shape index (κ1) is 12.3. The Morgan fingerprint density at radius 1 is 1.35 bits per heavy atom. The van der Waals surface area contributed by atoms with Crippen molar-refractivity contribution in [3.63, 3.8) is 0 Å². The molecule has 0 radical (unpaired) electrons. The predicted molar refractivity (Wildman–Crippen MR) is 71.4 cm³/mol. The predicted octanol–water partition coefficient (Wildman–Crippen LogP) is 4.69. The van der Waals surface area contributed by atoms with Gasteiger partial charge in [-0.1, -0.05) is 17.7 Å². The molecule has 1 aromatic heterocycles. The largest absolute Gasteiger partial charge is 0.338 e. The van der Waals surface area contributed by atoms with Crippen LogP contribution in [0.3, 0.4) is 0 Å². The molecule has 17 heavy (non-hydrogen) atoms. The Hall–Kier alpha value is -1.13. The summed E-state index contributed by atoms with van der Waals surface area (Å²) in [4.78, 5) is 3.97. The number of nitrogens with zero attached hydrogens (tertiary/aromatic N) is 1.